The van der Waals surface area contributed by atoms with E-state index in [4.69, 9.17) is 0 Å². The number of hydrogen-bond acceptors (Lipinski definition) is 2. The second-order valence-corrected chi connectivity index (χ2v) is 6.12. The van der Waals surface area contributed by atoms with Gasteiger partial charge in [-0.2, -0.15) is 0 Å². The molecule has 0 amide bonds. The van der Waals surface area contributed by atoms with Gasteiger partial charge >= 0.3 is 0 Å². The second kappa shape index (κ2) is 4.99. The third-order valence-corrected chi connectivity index (χ3v) is 4.56. The van der Waals surface area contributed by atoms with Crippen molar-refractivity contribution < 1.29 is 0 Å². The van der Waals surface area contributed by atoms with Gasteiger partial charge in [0, 0.05) is 28.8 Å². The summed E-state index contributed by atoms with van der Waals surface area (Å²) in [7, 11) is 0. The van der Waals surface area contributed by atoms with Crippen molar-refractivity contribution in [2.45, 2.75) is 37.8 Å². The van der Waals surface area contributed by atoms with Crippen LogP contribution in [0.4, 0.5) is 5.69 Å². The van der Waals surface area contributed by atoms with Crippen molar-refractivity contribution in [3.63, 3.8) is 0 Å². The lowest BCUT2D eigenvalue weighted by molar-refractivity contribution is 0.188. The van der Waals surface area contributed by atoms with Gasteiger partial charge in [-0.1, -0.05) is 15.9 Å². The summed E-state index contributed by atoms with van der Waals surface area (Å²) in [6.45, 7) is 2.61. The van der Waals surface area contributed by atoms with Crippen molar-refractivity contribution in [3.05, 3.63) is 28.7 Å². The molecule has 0 bridgehead atoms. The quantitative estimate of drug-likeness (QED) is 0.898. The topological polar surface area (TPSA) is 15.3 Å². The van der Waals surface area contributed by atoms with Crippen molar-refractivity contribution in [1.29, 1.82) is 0 Å². The van der Waals surface area contributed by atoms with Gasteiger partial charge in [0.2, 0.25) is 0 Å². The molecule has 2 aliphatic rings. The van der Waals surface area contributed by atoms with E-state index in [0.29, 0.717) is 6.04 Å². The largest absolute Gasteiger partial charge is 0.382 e. The lowest BCUT2D eigenvalue weighted by atomic mass is 9.97. The van der Waals surface area contributed by atoms with Crippen molar-refractivity contribution in [2.75, 3.05) is 18.4 Å². The molecule has 1 N–H and O–H groups in total. The molecule has 2 aliphatic heterocycles. The fourth-order valence-corrected chi connectivity index (χ4v) is 3.40. The van der Waals surface area contributed by atoms with Crippen molar-refractivity contribution in [1.82, 2.24) is 4.90 Å². The molecule has 1 aromatic carbocycles. The van der Waals surface area contributed by atoms with Crippen LogP contribution in [0.3, 0.4) is 0 Å². The molecule has 0 aromatic heterocycles. The Balaban J connectivity index is 1.60. The maximum absolute atomic E-state index is 3.67. The van der Waals surface area contributed by atoms with Crippen molar-refractivity contribution in [2.24, 2.45) is 0 Å². The van der Waals surface area contributed by atoms with Crippen LogP contribution in [-0.2, 0) is 0 Å². The summed E-state index contributed by atoms with van der Waals surface area (Å²) in [4.78, 5) is 2.67. The Morgan fingerprint density at radius 2 is 1.94 bits per heavy atom. The summed E-state index contributed by atoms with van der Waals surface area (Å²) in [5, 5.41) is 3.67. The highest BCUT2D eigenvalue weighted by atomic mass is 79.9. The molecule has 3 heteroatoms. The second-order valence-electron chi connectivity index (χ2n) is 5.20. The molecule has 2 unspecified atom stereocenters. The Labute approximate surface area is 112 Å². The average molecular weight is 295 g/mol. The standard InChI is InChI=1S/C14H19BrN2/c15-11-3-5-12(6-4-11)16-13-7-9-17-8-1-2-14(17)10-13/h3-6,13-14,16H,1-2,7-10H2. The summed E-state index contributed by atoms with van der Waals surface area (Å²) in [5.41, 5.74) is 1.25. The van der Waals surface area contributed by atoms with Crippen LogP contribution in [0.25, 0.3) is 0 Å². The Morgan fingerprint density at radius 3 is 2.76 bits per heavy atom. The predicted octanol–water partition coefficient (Wildman–Crippen LogP) is 3.49. The van der Waals surface area contributed by atoms with Gasteiger partial charge in [-0.25, -0.2) is 0 Å². The number of piperidine rings is 1. The highest BCUT2D eigenvalue weighted by molar-refractivity contribution is 9.10. The molecule has 2 atom stereocenters. The first-order chi connectivity index (χ1) is 8.31. The number of rotatable bonds is 2. The van der Waals surface area contributed by atoms with E-state index in [2.05, 4.69) is 50.4 Å². The molecule has 2 fully saturated rings. The SMILES string of the molecule is Brc1ccc(NC2CCN3CCCC3C2)cc1. The van der Waals surface area contributed by atoms with Crippen LogP contribution >= 0.6 is 15.9 Å². The van der Waals surface area contributed by atoms with Crippen LogP contribution in [0.5, 0.6) is 0 Å². The number of anilines is 1. The number of nitrogens with zero attached hydrogens (tertiary/aromatic N) is 1. The fourth-order valence-electron chi connectivity index (χ4n) is 3.14. The third-order valence-electron chi connectivity index (χ3n) is 4.04. The molecule has 2 heterocycles. The number of hydrogen-bond donors (Lipinski definition) is 1. The van der Waals surface area contributed by atoms with E-state index in [-0.39, 0.29) is 0 Å². The van der Waals surface area contributed by atoms with Gasteiger partial charge in [-0.15, -0.1) is 0 Å². The predicted molar refractivity (Wildman–Crippen MR) is 75.4 cm³/mol. The summed E-state index contributed by atoms with van der Waals surface area (Å²) in [6.07, 6.45) is 5.40. The Morgan fingerprint density at radius 1 is 1.12 bits per heavy atom. The minimum absolute atomic E-state index is 0.663. The molecule has 92 valence electrons. The minimum atomic E-state index is 0.663. The third kappa shape index (κ3) is 2.66. The van der Waals surface area contributed by atoms with Crippen molar-refractivity contribution in [3.8, 4) is 0 Å². The lowest BCUT2D eigenvalue weighted by Crippen LogP contribution is -2.42. The maximum atomic E-state index is 3.67. The van der Waals surface area contributed by atoms with E-state index in [1.807, 2.05) is 0 Å². The average Bonchev–Trinajstić information content (AvgIpc) is 2.79. The van der Waals surface area contributed by atoms with E-state index in [9.17, 15) is 0 Å². The molecule has 3 rings (SSSR count). The van der Waals surface area contributed by atoms with Crippen LogP contribution in [0.2, 0.25) is 0 Å². The zero-order chi connectivity index (χ0) is 11.7. The molecule has 0 aliphatic carbocycles. The first-order valence-corrected chi connectivity index (χ1v) is 7.37. The van der Waals surface area contributed by atoms with Crippen LogP contribution in [-0.4, -0.2) is 30.1 Å². The number of fused-ring (bicyclic) bond motifs is 1. The minimum Gasteiger partial charge on any atom is -0.382 e. The first-order valence-electron chi connectivity index (χ1n) is 6.57. The molecule has 0 saturated carbocycles. The van der Waals surface area contributed by atoms with Gasteiger partial charge in [-0.05, 0) is 56.5 Å². The molecule has 0 radical (unpaired) electrons. The van der Waals surface area contributed by atoms with Crippen LogP contribution in [0.1, 0.15) is 25.7 Å². The van der Waals surface area contributed by atoms with Crippen molar-refractivity contribution >= 4 is 21.6 Å². The summed E-state index contributed by atoms with van der Waals surface area (Å²) in [6, 6.07) is 10.0. The van der Waals surface area contributed by atoms with E-state index in [0.717, 1.165) is 10.5 Å². The van der Waals surface area contributed by atoms with Gasteiger partial charge in [0.25, 0.3) is 0 Å². The Bertz CT molecular complexity index is 376. The molecule has 0 spiro atoms. The zero-order valence-corrected chi connectivity index (χ0v) is 11.6. The summed E-state index contributed by atoms with van der Waals surface area (Å²) in [5.74, 6) is 0. The maximum Gasteiger partial charge on any atom is 0.0343 e. The number of nitrogens with one attached hydrogen (secondary N) is 1. The molecule has 1 aromatic rings. The molecular formula is C14H19BrN2. The van der Waals surface area contributed by atoms with Gasteiger partial charge in [0.05, 0.1) is 0 Å². The molecular weight excluding hydrogens is 276 g/mol. The Kier molecular flexibility index (Phi) is 3.39. The number of benzene rings is 1. The summed E-state index contributed by atoms with van der Waals surface area (Å²) < 4.78 is 1.15. The van der Waals surface area contributed by atoms with E-state index < -0.39 is 0 Å². The fraction of sp³-hybridized carbons (Fsp3) is 0.571. The van der Waals surface area contributed by atoms with E-state index in [1.165, 1.54) is 44.5 Å². The smallest absolute Gasteiger partial charge is 0.0343 e. The van der Waals surface area contributed by atoms with E-state index in [1.54, 1.807) is 0 Å². The van der Waals surface area contributed by atoms with Gasteiger partial charge in [-0.3, -0.25) is 0 Å². The molecule has 2 nitrogen and oxygen atoms in total. The number of halogens is 1. The van der Waals surface area contributed by atoms with Gasteiger partial charge < -0.3 is 10.2 Å². The lowest BCUT2D eigenvalue weighted by Gasteiger charge is -2.35. The highest BCUT2D eigenvalue weighted by Crippen LogP contribution is 2.28. The van der Waals surface area contributed by atoms with Gasteiger partial charge in [0.15, 0.2) is 0 Å². The first kappa shape index (κ1) is 11.5. The van der Waals surface area contributed by atoms with Gasteiger partial charge in [0.1, 0.15) is 0 Å². The van der Waals surface area contributed by atoms with Crippen LogP contribution in [0.15, 0.2) is 28.7 Å². The van der Waals surface area contributed by atoms with Crippen LogP contribution in [0, 0.1) is 0 Å². The summed E-state index contributed by atoms with van der Waals surface area (Å²) >= 11 is 3.47. The van der Waals surface area contributed by atoms with E-state index >= 15 is 0 Å². The zero-order valence-electron chi connectivity index (χ0n) is 10.0. The monoisotopic (exact) mass is 294 g/mol. The Hall–Kier alpha value is -0.540. The van der Waals surface area contributed by atoms with Crippen LogP contribution < -0.4 is 5.32 Å². The molecule has 17 heavy (non-hydrogen) atoms. The normalized spacial score (nSPS) is 29.0. The molecule has 2 saturated heterocycles. The highest BCUT2D eigenvalue weighted by Gasteiger charge is 2.31.